The zero-order valence-corrected chi connectivity index (χ0v) is 13.1. The summed E-state index contributed by atoms with van der Waals surface area (Å²) in [5.41, 5.74) is 3.06. The van der Waals surface area contributed by atoms with Crippen molar-refractivity contribution in [2.24, 2.45) is 0 Å². The Hall–Kier alpha value is -1.61. The van der Waals surface area contributed by atoms with Gasteiger partial charge in [-0.05, 0) is 43.2 Å². The molecular formula is C17H16BrNO. The predicted molar refractivity (Wildman–Crippen MR) is 83.7 cm³/mol. The first-order valence-corrected chi connectivity index (χ1v) is 7.56. The second kappa shape index (κ2) is 5.06. The van der Waals surface area contributed by atoms with Gasteiger partial charge in [0.05, 0.1) is 6.04 Å². The summed E-state index contributed by atoms with van der Waals surface area (Å²) in [6, 6.07) is 16.3. The minimum Gasteiger partial charge on any atom is -0.325 e. The van der Waals surface area contributed by atoms with Crippen LogP contribution in [0.2, 0.25) is 0 Å². The number of rotatable bonds is 2. The molecule has 1 heterocycles. The number of carbonyl (C=O) groups is 1. The lowest BCUT2D eigenvalue weighted by Crippen LogP contribution is -2.34. The van der Waals surface area contributed by atoms with Gasteiger partial charge in [-0.1, -0.05) is 46.3 Å². The summed E-state index contributed by atoms with van der Waals surface area (Å²) in [5.74, 6) is 0.122. The van der Waals surface area contributed by atoms with Gasteiger partial charge in [0.15, 0.2) is 0 Å². The van der Waals surface area contributed by atoms with Gasteiger partial charge in [-0.25, -0.2) is 0 Å². The van der Waals surface area contributed by atoms with E-state index in [0.29, 0.717) is 0 Å². The fourth-order valence-electron chi connectivity index (χ4n) is 2.87. The third-order valence-electron chi connectivity index (χ3n) is 3.72. The molecule has 0 aromatic heterocycles. The molecular weight excluding hydrogens is 314 g/mol. The van der Waals surface area contributed by atoms with E-state index >= 15 is 0 Å². The molecule has 3 rings (SSSR count). The molecule has 0 N–H and O–H groups in total. The van der Waals surface area contributed by atoms with Crippen LogP contribution < -0.4 is 0 Å². The monoisotopic (exact) mass is 329 g/mol. The number of carbonyl (C=O) groups excluding carboxylic acids is 1. The minimum absolute atomic E-state index is 0.0104. The Labute approximate surface area is 127 Å². The molecule has 0 radical (unpaired) electrons. The highest BCUT2D eigenvalue weighted by atomic mass is 79.9. The van der Waals surface area contributed by atoms with Crippen LogP contribution in [0.15, 0.2) is 53.0 Å². The zero-order chi connectivity index (χ0) is 14.3. The SMILES string of the molecule is CC(C)N1C(=O)c2ccc(Br)cc2C1c1ccccc1. The van der Waals surface area contributed by atoms with Gasteiger partial charge in [0.2, 0.25) is 0 Å². The van der Waals surface area contributed by atoms with Crippen molar-refractivity contribution in [3.05, 3.63) is 69.7 Å². The molecule has 0 saturated heterocycles. The van der Waals surface area contributed by atoms with Gasteiger partial charge >= 0.3 is 0 Å². The van der Waals surface area contributed by atoms with Crippen LogP contribution >= 0.6 is 15.9 Å². The van der Waals surface area contributed by atoms with E-state index in [9.17, 15) is 4.79 Å². The normalized spacial score (nSPS) is 17.7. The molecule has 1 unspecified atom stereocenters. The number of benzene rings is 2. The summed E-state index contributed by atoms with van der Waals surface area (Å²) in [4.78, 5) is 14.6. The third kappa shape index (κ3) is 2.06. The van der Waals surface area contributed by atoms with Gasteiger partial charge in [-0.15, -0.1) is 0 Å². The van der Waals surface area contributed by atoms with E-state index in [1.165, 1.54) is 0 Å². The van der Waals surface area contributed by atoms with Crippen molar-refractivity contribution >= 4 is 21.8 Å². The first-order chi connectivity index (χ1) is 9.59. The fraction of sp³-hybridized carbons (Fsp3) is 0.235. The molecule has 0 aliphatic carbocycles. The number of hydrogen-bond donors (Lipinski definition) is 0. The molecule has 1 atom stereocenters. The Balaban J connectivity index is 2.19. The van der Waals surface area contributed by atoms with Gasteiger partial charge in [0.25, 0.3) is 5.91 Å². The Morgan fingerprint density at radius 2 is 1.80 bits per heavy atom. The number of nitrogens with zero attached hydrogens (tertiary/aromatic N) is 1. The van der Waals surface area contributed by atoms with Crippen molar-refractivity contribution in [3.8, 4) is 0 Å². The Morgan fingerprint density at radius 1 is 1.10 bits per heavy atom. The molecule has 0 fully saturated rings. The fourth-order valence-corrected chi connectivity index (χ4v) is 3.25. The van der Waals surface area contributed by atoms with Crippen LogP contribution in [0.5, 0.6) is 0 Å². The quantitative estimate of drug-likeness (QED) is 0.799. The summed E-state index contributed by atoms with van der Waals surface area (Å²) in [6.45, 7) is 4.13. The van der Waals surface area contributed by atoms with Crippen LogP contribution in [0, 0.1) is 0 Å². The van der Waals surface area contributed by atoms with Gasteiger partial charge in [0.1, 0.15) is 0 Å². The third-order valence-corrected chi connectivity index (χ3v) is 4.22. The highest BCUT2D eigenvalue weighted by Gasteiger charge is 2.38. The molecule has 2 nitrogen and oxygen atoms in total. The Kier molecular flexibility index (Phi) is 3.38. The van der Waals surface area contributed by atoms with Crippen molar-refractivity contribution in [3.63, 3.8) is 0 Å². The molecule has 0 bridgehead atoms. The second-order valence-electron chi connectivity index (χ2n) is 5.35. The van der Waals surface area contributed by atoms with Crippen LogP contribution in [-0.2, 0) is 0 Å². The van der Waals surface area contributed by atoms with Crippen LogP contribution in [0.3, 0.4) is 0 Å². The molecule has 102 valence electrons. The smallest absolute Gasteiger partial charge is 0.255 e. The van der Waals surface area contributed by atoms with Crippen molar-refractivity contribution in [2.75, 3.05) is 0 Å². The summed E-state index contributed by atoms with van der Waals surface area (Å²) in [5, 5.41) is 0. The first kappa shape index (κ1) is 13.4. The summed E-state index contributed by atoms with van der Waals surface area (Å²) < 4.78 is 1.01. The molecule has 1 amide bonds. The number of hydrogen-bond acceptors (Lipinski definition) is 1. The molecule has 3 heteroatoms. The maximum Gasteiger partial charge on any atom is 0.255 e. The van der Waals surface area contributed by atoms with Gasteiger partial charge in [-0.2, -0.15) is 0 Å². The molecule has 2 aromatic carbocycles. The largest absolute Gasteiger partial charge is 0.325 e. The molecule has 1 aliphatic heterocycles. The lowest BCUT2D eigenvalue weighted by molar-refractivity contribution is 0.0694. The van der Waals surface area contributed by atoms with Crippen LogP contribution in [0.25, 0.3) is 0 Å². The predicted octanol–water partition coefficient (Wildman–Crippen LogP) is 4.40. The lowest BCUT2D eigenvalue weighted by atomic mass is 9.97. The summed E-state index contributed by atoms with van der Waals surface area (Å²) in [7, 11) is 0. The van der Waals surface area contributed by atoms with Crippen molar-refractivity contribution in [2.45, 2.75) is 25.9 Å². The van der Waals surface area contributed by atoms with E-state index in [4.69, 9.17) is 0 Å². The van der Waals surface area contributed by atoms with E-state index in [2.05, 4.69) is 48.0 Å². The molecule has 1 aliphatic rings. The van der Waals surface area contributed by atoms with Gasteiger partial charge in [0, 0.05) is 16.1 Å². The molecule has 20 heavy (non-hydrogen) atoms. The summed E-state index contributed by atoms with van der Waals surface area (Å²) >= 11 is 3.51. The summed E-state index contributed by atoms with van der Waals surface area (Å²) in [6.07, 6.45) is 0. The maximum atomic E-state index is 12.6. The zero-order valence-electron chi connectivity index (χ0n) is 11.5. The van der Waals surface area contributed by atoms with Crippen molar-refractivity contribution in [1.29, 1.82) is 0 Å². The van der Waals surface area contributed by atoms with Gasteiger partial charge in [-0.3, -0.25) is 4.79 Å². The topological polar surface area (TPSA) is 20.3 Å². The average Bonchev–Trinajstić information content (AvgIpc) is 2.72. The van der Waals surface area contributed by atoms with E-state index in [0.717, 1.165) is 21.2 Å². The van der Waals surface area contributed by atoms with Crippen LogP contribution in [0.4, 0.5) is 0 Å². The van der Waals surface area contributed by atoms with E-state index < -0.39 is 0 Å². The molecule has 0 spiro atoms. The Bertz CT molecular complexity index is 651. The molecule has 0 saturated carbocycles. The van der Waals surface area contributed by atoms with Gasteiger partial charge < -0.3 is 4.90 Å². The number of amides is 1. The highest BCUT2D eigenvalue weighted by Crippen LogP contribution is 2.40. The second-order valence-corrected chi connectivity index (χ2v) is 6.27. The first-order valence-electron chi connectivity index (χ1n) is 6.76. The Morgan fingerprint density at radius 3 is 2.45 bits per heavy atom. The number of fused-ring (bicyclic) bond motifs is 1. The highest BCUT2D eigenvalue weighted by molar-refractivity contribution is 9.10. The van der Waals surface area contributed by atoms with E-state index in [-0.39, 0.29) is 18.0 Å². The van der Waals surface area contributed by atoms with E-state index in [1.807, 2.05) is 35.2 Å². The van der Waals surface area contributed by atoms with Crippen LogP contribution in [-0.4, -0.2) is 16.8 Å². The molecule has 2 aromatic rings. The van der Waals surface area contributed by atoms with Crippen molar-refractivity contribution in [1.82, 2.24) is 4.90 Å². The van der Waals surface area contributed by atoms with Crippen molar-refractivity contribution < 1.29 is 4.79 Å². The number of halogens is 1. The lowest BCUT2D eigenvalue weighted by Gasteiger charge is -2.29. The average molecular weight is 330 g/mol. The van der Waals surface area contributed by atoms with Crippen LogP contribution in [0.1, 0.15) is 41.4 Å². The maximum absolute atomic E-state index is 12.6. The van der Waals surface area contributed by atoms with E-state index in [1.54, 1.807) is 0 Å². The minimum atomic E-state index is 0.0104. The standard InChI is InChI=1S/C17H16BrNO/c1-11(2)19-16(12-6-4-3-5-7-12)15-10-13(18)8-9-14(15)17(19)20/h3-11,16H,1-2H3.